The highest BCUT2D eigenvalue weighted by molar-refractivity contribution is 6.11. The Bertz CT molecular complexity index is 1000. The van der Waals surface area contributed by atoms with Crippen molar-refractivity contribution in [2.75, 3.05) is 6.54 Å². The second-order valence-electron chi connectivity index (χ2n) is 8.44. The molecule has 30 heavy (non-hydrogen) atoms. The van der Waals surface area contributed by atoms with Gasteiger partial charge >= 0.3 is 5.97 Å². The van der Waals surface area contributed by atoms with Crippen molar-refractivity contribution in [3.8, 4) is 0 Å². The first-order valence-electron chi connectivity index (χ1n) is 9.85. The number of hydrogen-bond acceptors (Lipinski definition) is 5. The number of ketones is 1. The van der Waals surface area contributed by atoms with Crippen LogP contribution < -0.4 is 0 Å². The first-order valence-corrected chi connectivity index (χ1v) is 9.85. The summed E-state index contributed by atoms with van der Waals surface area (Å²) in [6.07, 6.45) is -0.982. The van der Waals surface area contributed by atoms with E-state index in [1.54, 1.807) is 36.4 Å². The van der Waals surface area contributed by atoms with Gasteiger partial charge in [0.05, 0.1) is 6.42 Å². The maximum Gasteiger partial charge on any atom is 0.326 e. The molecule has 0 saturated heterocycles. The third kappa shape index (κ3) is 4.48. The van der Waals surface area contributed by atoms with Gasteiger partial charge in [-0.25, -0.2) is 0 Å². The van der Waals surface area contributed by atoms with Gasteiger partial charge in [0, 0.05) is 11.1 Å². The van der Waals surface area contributed by atoms with E-state index in [9.17, 15) is 19.2 Å². The van der Waals surface area contributed by atoms with Crippen LogP contribution >= 0.6 is 0 Å². The molecule has 1 aliphatic heterocycles. The summed E-state index contributed by atoms with van der Waals surface area (Å²) in [4.78, 5) is 50.6. The van der Waals surface area contributed by atoms with Gasteiger partial charge in [-0.3, -0.25) is 24.1 Å². The molecule has 0 bridgehead atoms. The van der Waals surface area contributed by atoms with Crippen molar-refractivity contribution in [3.05, 3.63) is 70.8 Å². The molecule has 6 heteroatoms. The van der Waals surface area contributed by atoms with E-state index in [1.807, 2.05) is 12.1 Å². The predicted molar refractivity (Wildman–Crippen MR) is 111 cm³/mol. The molecule has 0 fully saturated rings. The predicted octanol–water partition coefficient (Wildman–Crippen LogP) is 3.32. The Balaban J connectivity index is 1.64. The van der Waals surface area contributed by atoms with E-state index in [1.165, 1.54) is 6.92 Å². The van der Waals surface area contributed by atoms with E-state index >= 15 is 0 Å². The van der Waals surface area contributed by atoms with E-state index in [0.29, 0.717) is 16.7 Å². The highest BCUT2D eigenvalue weighted by Gasteiger charge is 2.33. The number of rotatable bonds is 5. The minimum absolute atomic E-state index is 0.0359. The molecule has 3 rings (SSSR count). The molecule has 0 unspecified atom stereocenters. The minimum Gasteiger partial charge on any atom is -0.453 e. The van der Waals surface area contributed by atoms with Gasteiger partial charge in [0.15, 0.2) is 6.10 Å². The Kier molecular flexibility index (Phi) is 5.87. The van der Waals surface area contributed by atoms with Crippen molar-refractivity contribution >= 4 is 23.6 Å². The molecule has 1 atom stereocenters. The van der Waals surface area contributed by atoms with Crippen molar-refractivity contribution in [2.24, 2.45) is 0 Å². The fourth-order valence-corrected chi connectivity index (χ4v) is 3.35. The van der Waals surface area contributed by atoms with Crippen LogP contribution in [0.3, 0.4) is 0 Å². The van der Waals surface area contributed by atoms with Crippen LogP contribution in [0.15, 0.2) is 48.5 Å². The summed E-state index contributed by atoms with van der Waals surface area (Å²) < 4.78 is 5.22. The monoisotopic (exact) mass is 407 g/mol. The molecule has 1 heterocycles. The Morgan fingerprint density at radius 1 is 1.03 bits per heavy atom. The number of esters is 1. The molecule has 6 nitrogen and oxygen atoms in total. The highest BCUT2D eigenvalue weighted by atomic mass is 16.5. The van der Waals surface area contributed by atoms with Gasteiger partial charge in [-0.15, -0.1) is 0 Å². The lowest BCUT2D eigenvalue weighted by Crippen LogP contribution is -2.46. The maximum atomic E-state index is 12.6. The first-order chi connectivity index (χ1) is 14.1. The van der Waals surface area contributed by atoms with Crippen LogP contribution in [0.1, 0.15) is 59.5 Å². The topological polar surface area (TPSA) is 80.8 Å². The van der Waals surface area contributed by atoms with Crippen LogP contribution in [-0.2, 0) is 26.2 Å². The molecule has 0 saturated carbocycles. The van der Waals surface area contributed by atoms with Crippen LogP contribution in [-0.4, -0.2) is 41.1 Å². The van der Waals surface area contributed by atoms with Crippen molar-refractivity contribution in [1.29, 1.82) is 0 Å². The number of carbonyl (C=O) groups excluding carboxylic acids is 4. The number of benzene rings is 2. The fraction of sp³-hybridized carbons (Fsp3) is 0.333. The molecule has 0 N–H and O–H groups in total. The number of ether oxygens (including phenoxy) is 1. The van der Waals surface area contributed by atoms with Crippen molar-refractivity contribution < 1.29 is 23.9 Å². The van der Waals surface area contributed by atoms with Gasteiger partial charge in [-0.2, -0.15) is 0 Å². The van der Waals surface area contributed by atoms with Gasteiger partial charge in [0.25, 0.3) is 5.91 Å². The molecule has 0 aromatic heterocycles. The van der Waals surface area contributed by atoms with Crippen LogP contribution in [0.25, 0.3) is 0 Å². The van der Waals surface area contributed by atoms with Gasteiger partial charge in [0.2, 0.25) is 11.7 Å². The summed E-state index contributed by atoms with van der Waals surface area (Å²) in [6, 6.07) is 14.0. The van der Waals surface area contributed by atoms with Crippen molar-refractivity contribution in [3.63, 3.8) is 0 Å². The molecule has 2 aromatic rings. The summed E-state index contributed by atoms with van der Waals surface area (Å²) >= 11 is 0. The molecular formula is C24H25NO5. The highest BCUT2D eigenvalue weighted by Crippen LogP contribution is 2.23. The van der Waals surface area contributed by atoms with Crippen molar-refractivity contribution in [2.45, 2.75) is 45.6 Å². The van der Waals surface area contributed by atoms with E-state index < -0.39 is 30.4 Å². The molecule has 0 radical (unpaired) electrons. The van der Waals surface area contributed by atoms with Crippen LogP contribution in [0.5, 0.6) is 0 Å². The summed E-state index contributed by atoms with van der Waals surface area (Å²) in [7, 11) is 0. The average molecular weight is 407 g/mol. The summed E-state index contributed by atoms with van der Waals surface area (Å²) in [5.74, 6) is -2.14. The number of fused-ring (bicyclic) bond motifs is 1. The van der Waals surface area contributed by atoms with Crippen LogP contribution in [0.4, 0.5) is 0 Å². The Morgan fingerprint density at radius 2 is 1.67 bits per heavy atom. The summed E-state index contributed by atoms with van der Waals surface area (Å²) in [5.41, 5.74) is 2.52. The normalized spacial score (nSPS) is 14.9. The molecule has 1 aliphatic rings. The SMILES string of the molecule is C[C@H](OC(=O)CN1C(=O)Cc2ccccc2C1=O)C(=O)c1ccc(C(C)(C)C)cc1. The standard InChI is InChI=1S/C24H25NO5/c1-15(22(28)16-9-11-18(12-10-16)24(2,3)4)30-21(27)14-25-20(26)13-17-7-5-6-8-19(17)23(25)29/h5-12,15H,13-14H2,1-4H3/t15-/m0/s1. The van der Waals surface area contributed by atoms with Gasteiger partial charge in [-0.1, -0.05) is 63.2 Å². The van der Waals surface area contributed by atoms with E-state index in [-0.39, 0.29) is 17.6 Å². The zero-order valence-corrected chi connectivity index (χ0v) is 17.6. The average Bonchev–Trinajstić information content (AvgIpc) is 2.70. The Hall–Kier alpha value is -3.28. The second-order valence-corrected chi connectivity index (χ2v) is 8.44. The third-order valence-corrected chi connectivity index (χ3v) is 5.14. The molecule has 2 aromatic carbocycles. The molecule has 156 valence electrons. The zero-order chi connectivity index (χ0) is 22.1. The third-order valence-electron chi connectivity index (χ3n) is 5.14. The number of amides is 2. The lowest BCUT2D eigenvalue weighted by atomic mass is 9.86. The molecule has 2 amide bonds. The lowest BCUT2D eigenvalue weighted by Gasteiger charge is -2.26. The number of nitrogens with zero attached hydrogens (tertiary/aromatic N) is 1. The van der Waals surface area contributed by atoms with Crippen molar-refractivity contribution in [1.82, 2.24) is 4.90 Å². The van der Waals surface area contributed by atoms with Gasteiger partial charge in [-0.05, 0) is 29.5 Å². The largest absolute Gasteiger partial charge is 0.453 e. The van der Waals surface area contributed by atoms with Crippen LogP contribution in [0, 0.1) is 0 Å². The number of hydrogen-bond donors (Lipinski definition) is 0. The molecule has 0 spiro atoms. The number of imide groups is 1. The van der Waals surface area contributed by atoms with Gasteiger partial charge in [0.1, 0.15) is 6.54 Å². The summed E-state index contributed by atoms with van der Waals surface area (Å²) in [6.45, 7) is 7.20. The quantitative estimate of drug-likeness (QED) is 0.431. The smallest absolute Gasteiger partial charge is 0.326 e. The number of Topliss-reactive ketones (excluding diaryl/α,β-unsaturated/α-hetero) is 1. The molecular weight excluding hydrogens is 382 g/mol. The van der Waals surface area contributed by atoms with Gasteiger partial charge < -0.3 is 4.74 Å². The van der Waals surface area contributed by atoms with Crippen LogP contribution in [0.2, 0.25) is 0 Å². The Morgan fingerprint density at radius 3 is 2.30 bits per heavy atom. The zero-order valence-electron chi connectivity index (χ0n) is 17.6. The number of carbonyl (C=O) groups is 4. The summed E-state index contributed by atoms with van der Waals surface area (Å²) in [5, 5.41) is 0. The second kappa shape index (κ2) is 8.22. The minimum atomic E-state index is -1.03. The van der Waals surface area contributed by atoms with E-state index in [0.717, 1.165) is 10.5 Å². The fourth-order valence-electron chi connectivity index (χ4n) is 3.35. The van der Waals surface area contributed by atoms with E-state index in [2.05, 4.69) is 20.8 Å². The lowest BCUT2D eigenvalue weighted by molar-refractivity contribution is -0.150. The maximum absolute atomic E-state index is 12.6. The first kappa shape index (κ1) is 21.4. The Labute approximate surface area is 175 Å². The molecule has 0 aliphatic carbocycles. The van der Waals surface area contributed by atoms with E-state index in [4.69, 9.17) is 4.74 Å².